The lowest BCUT2D eigenvalue weighted by atomic mass is 9.85. The smallest absolute Gasteiger partial charge is 0.180 e. The van der Waals surface area contributed by atoms with Crippen molar-refractivity contribution in [3.63, 3.8) is 0 Å². The third kappa shape index (κ3) is 2.17. The summed E-state index contributed by atoms with van der Waals surface area (Å²) in [5.41, 5.74) is 8.28. The molecule has 2 N–H and O–H groups in total. The molecule has 88 valence electrons. The number of fused-ring (bicyclic) bond motifs is 1. The van der Waals surface area contributed by atoms with Crippen LogP contribution in [0.5, 0.6) is 0 Å². The fourth-order valence-electron chi connectivity index (χ4n) is 2.44. The van der Waals surface area contributed by atoms with Crippen LogP contribution in [0.4, 0.5) is 5.13 Å². The van der Waals surface area contributed by atoms with Crippen molar-refractivity contribution >= 4 is 28.1 Å². The van der Waals surface area contributed by atoms with Crippen molar-refractivity contribution in [2.75, 3.05) is 5.73 Å². The lowest BCUT2D eigenvalue weighted by Crippen LogP contribution is -2.11. The number of hydrogen-bond donors (Lipinski definition) is 1. The van der Waals surface area contributed by atoms with E-state index < -0.39 is 0 Å². The van der Waals surface area contributed by atoms with E-state index in [2.05, 4.69) is 17.1 Å². The lowest BCUT2D eigenvalue weighted by molar-refractivity contribution is 0.585. The van der Waals surface area contributed by atoms with E-state index in [1.165, 1.54) is 16.1 Å². The second-order valence-corrected chi connectivity index (χ2v) is 5.97. The normalized spacial score (nSPS) is 19.0. The molecule has 2 aromatic rings. The van der Waals surface area contributed by atoms with Crippen molar-refractivity contribution in [2.24, 2.45) is 0 Å². The van der Waals surface area contributed by atoms with Crippen LogP contribution in [-0.4, -0.2) is 4.98 Å². The van der Waals surface area contributed by atoms with Crippen LogP contribution in [0.25, 0.3) is 0 Å². The predicted octanol–water partition coefficient (Wildman–Crippen LogP) is 3.65. The van der Waals surface area contributed by atoms with Gasteiger partial charge < -0.3 is 5.73 Å². The highest BCUT2D eigenvalue weighted by atomic mass is 35.5. The molecule has 1 aromatic heterocycles. The van der Waals surface area contributed by atoms with E-state index in [0.717, 1.165) is 24.3 Å². The molecule has 4 heteroatoms. The first-order chi connectivity index (χ1) is 8.22. The van der Waals surface area contributed by atoms with Gasteiger partial charge in [0.2, 0.25) is 0 Å². The number of hydrogen-bond acceptors (Lipinski definition) is 3. The van der Waals surface area contributed by atoms with Crippen molar-refractivity contribution < 1.29 is 0 Å². The van der Waals surface area contributed by atoms with Crippen LogP contribution in [0.2, 0.25) is 5.02 Å². The zero-order valence-corrected chi connectivity index (χ0v) is 10.9. The van der Waals surface area contributed by atoms with Crippen molar-refractivity contribution in [3.05, 3.63) is 45.4 Å². The number of nitrogen functional groups attached to an aromatic ring is 1. The minimum absolute atomic E-state index is 0.557. The van der Waals surface area contributed by atoms with Gasteiger partial charge in [-0.3, -0.25) is 0 Å². The minimum Gasteiger partial charge on any atom is -0.375 e. The first kappa shape index (κ1) is 11.1. The van der Waals surface area contributed by atoms with E-state index in [-0.39, 0.29) is 0 Å². The van der Waals surface area contributed by atoms with E-state index in [4.69, 9.17) is 17.3 Å². The second-order valence-electron chi connectivity index (χ2n) is 4.42. The van der Waals surface area contributed by atoms with E-state index >= 15 is 0 Å². The molecule has 1 aliphatic rings. The number of aryl methyl sites for hydroxylation is 1. The Morgan fingerprint density at radius 2 is 2.29 bits per heavy atom. The van der Waals surface area contributed by atoms with E-state index in [1.54, 1.807) is 11.3 Å². The Bertz CT molecular complexity index is 550. The van der Waals surface area contributed by atoms with Crippen molar-refractivity contribution in [1.82, 2.24) is 4.98 Å². The number of nitrogens with zero attached hydrogens (tertiary/aromatic N) is 1. The van der Waals surface area contributed by atoms with Gasteiger partial charge >= 0.3 is 0 Å². The Balaban J connectivity index is 1.88. The summed E-state index contributed by atoms with van der Waals surface area (Å²) in [5.74, 6) is 0.557. The first-order valence-corrected chi connectivity index (χ1v) is 6.91. The molecule has 1 aliphatic carbocycles. The zero-order chi connectivity index (χ0) is 11.8. The maximum absolute atomic E-state index is 6.04. The van der Waals surface area contributed by atoms with Crippen LogP contribution in [0.3, 0.4) is 0 Å². The van der Waals surface area contributed by atoms with Gasteiger partial charge in [0.1, 0.15) is 0 Å². The molecule has 0 radical (unpaired) electrons. The largest absolute Gasteiger partial charge is 0.375 e. The van der Waals surface area contributed by atoms with Crippen LogP contribution in [0, 0.1) is 0 Å². The average molecular weight is 265 g/mol. The number of anilines is 1. The summed E-state index contributed by atoms with van der Waals surface area (Å²) in [7, 11) is 0. The molecule has 0 amide bonds. The summed E-state index contributed by atoms with van der Waals surface area (Å²) in [6.45, 7) is 0. The number of aromatic nitrogens is 1. The monoisotopic (exact) mass is 264 g/mol. The van der Waals surface area contributed by atoms with Gasteiger partial charge in [0.05, 0.1) is 5.69 Å². The SMILES string of the molecule is Nc1nc2c(s1)CC(c1cccc(Cl)c1)CC2. The van der Waals surface area contributed by atoms with Crippen LogP contribution in [0.1, 0.15) is 28.5 Å². The summed E-state index contributed by atoms with van der Waals surface area (Å²) in [6.07, 6.45) is 3.21. The molecule has 0 saturated heterocycles. The maximum Gasteiger partial charge on any atom is 0.180 e. The predicted molar refractivity (Wildman–Crippen MR) is 72.7 cm³/mol. The molecule has 2 nitrogen and oxygen atoms in total. The summed E-state index contributed by atoms with van der Waals surface area (Å²) >= 11 is 7.67. The fourth-order valence-corrected chi connectivity index (χ4v) is 3.60. The fraction of sp³-hybridized carbons (Fsp3) is 0.308. The maximum atomic E-state index is 6.04. The van der Waals surface area contributed by atoms with Crippen molar-refractivity contribution in [1.29, 1.82) is 0 Å². The molecule has 1 heterocycles. The van der Waals surface area contributed by atoms with Gasteiger partial charge in [-0.2, -0.15) is 0 Å². The van der Waals surface area contributed by atoms with Gasteiger partial charge in [-0.15, -0.1) is 11.3 Å². The Kier molecular flexibility index (Phi) is 2.81. The third-order valence-electron chi connectivity index (χ3n) is 3.28. The van der Waals surface area contributed by atoms with Gasteiger partial charge in [0, 0.05) is 9.90 Å². The molecule has 0 spiro atoms. The second kappa shape index (κ2) is 4.31. The quantitative estimate of drug-likeness (QED) is 0.854. The van der Waals surface area contributed by atoms with Gasteiger partial charge in [0.15, 0.2) is 5.13 Å². The standard InChI is InChI=1S/C13H13ClN2S/c14-10-3-1-2-8(6-10)9-4-5-11-12(7-9)17-13(15)16-11/h1-3,6,9H,4-5,7H2,(H2,15,16). The highest BCUT2D eigenvalue weighted by Crippen LogP contribution is 2.36. The van der Waals surface area contributed by atoms with Gasteiger partial charge in [0.25, 0.3) is 0 Å². The van der Waals surface area contributed by atoms with E-state index in [9.17, 15) is 0 Å². The number of nitrogens with two attached hydrogens (primary N) is 1. The van der Waals surface area contributed by atoms with E-state index in [0.29, 0.717) is 11.0 Å². The zero-order valence-electron chi connectivity index (χ0n) is 9.32. The van der Waals surface area contributed by atoms with Crippen molar-refractivity contribution in [2.45, 2.75) is 25.2 Å². The number of halogens is 1. The Morgan fingerprint density at radius 3 is 3.12 bits per heavy atom. The van der Waals surface area contributed by atoms with Crippen molar-refractivity contribution in [3.8, 4) is 0 Å². The van der Waals surface area contributed by atoms with Crippen LogP contribution in [0.15, 0.2) is 24.3 Å². The molecule has 1 unspecified atom stereocenters. The highest BCUT2D eigenvalue weighted by Gasteiger charge is 2.23. The highest BCUT2D eigenvalue weighted by molar-refractivity contribution is 7.15. The van der Waals surface area contributed by atoms with Gasteiger partial charge in [-0.05, 0) is 42.9 Å². The Labute approximate surface area is 109 Å². The molecule has 17 heavy (non-hydrogen) atoms. The minimum atomic E-state index is 0.557. The van der Waals surface area contributed by atoms with Crippen LogP contribution < -0.4 is 5.73 Å². The number of benzene rings is 1. The average Bonchev–Trinajstić information content (AvgIpc) is 2.68. The molecule has 0 aliphatic heterocycles. The molecular formula is C13H13ClN2S. The van der Waals surface area contributed by atoms with Gasteiger partial charge in [-0.25, -0.2) is 4.98 Å². The molecule has 1 aromatic carbocycles. The first-order valence-electron chi connectivity index (χ1n) is 5.72. The summed E-state index contributed by atoms with van der Waals surface area (Å²) in [5, 5.41) is 1.51. The molecule has 0 fully saturated rings. The molecule has 0 saturated carbocycles. The number of rotatable bonds is 1. The Morgan fingerprint density at radius 1 is 1.41 bits per heavy atom. The summed E-state index contributed by atoms with van der Waals surface area (Å²) in [4.78, 5) is 5.71. The summed E-state index contributed by atoms with van der Waals surface area (Å²) < 4.78 is 0. The lowest BCUT2D eigenvalue weighted by Gasteiger charge is -2.21. The van der Waals surface area contributed by atoms with Crippen LogP contribution >= 0.6 is 22.9 Å². The van der Waals surface area contributed by atoms with Crippen LogP contribution in [-0.2, 0) is 12.8 Å². The molecule has 0 bridgehead atoms. The molecule has 3 rings (SSSR count). The van der Waals surface area contributed by atoms with E-state index in [1.807, 2.05) is 12.1 Å². The molecule has 1 atom stereocenters. The van der Waals surface area contributed by atoms with Gasteiger partial charge in [-0.1, -0.05) is 23.7 Å². The molecular weight excluding hydrogens is 252 g/mol. The third-order valence-corrected chi connectivity index (χ3v) is 4.46. The number of thiazole rings is 1. The summed E-state index contributed by atoms with van der Waals surface area (Å²) in [6, 6.07) is 8.17. The topological polar surface area (TPSA) is 38.9 Å². The Hall–Kier alpha value is -1.06.